The van der Waals surface area contributed by atoms with E-state index in [1.54, 1.807) is 6.08 Å². The van der Waals surface area contributed by atoms with Crippen molar-refractivity contribution in [2.75, 3.05) is 28.7 Å². The lowest BCUT2D eigenvalue weighted by Crippen LogP contribution is -2.71. The first kappa shape index (κ1) is 33.3. The van der Waals surface area contributed by atoms with Gasteiger partial charge in [-0.3, -0.25) is 14.5 Å². The number of benzene rings is 1. The number of anilines is 4. The average Bonchev–Trinajstić information content (AvgIpc) is 3.48. The Hall–Kier alpha value is -6.09. The molecule has 0 saturated carbocycles. The Labute approximate surface area is 277 Å². The summed E-state index contributed by atoms with van der Waals surface area (Å²) in [5.74, 6) is -5.72. The molecular formula is C27H26N10O9S2. The van der Waals surface area contributed by atoms with E-state index in [9.17, 15) is 39.6 Å². The molecule has 1 fully saturated rings. The fourth-order valence-electron chi connectivity index (χ4n) is 4.63. The Kier molecular flexibility index (Phi) is 9.24. The van der Waals surface area contributed by atoms with E-state index in [0.717, 1.165) is 34.4 Å². The second-order valence-electron chi connectivity index (χ2n) is 10.1. The van der Waals surface area contributed by atoms with Gasteiger partial charge in [0.25, 0.3) is 11.8 Å². The molecular weight excluding hydrogens is 672 g/mol. The van der Waals surface area contributed by atoms with Crippen LogP contribution in [0.3, 0.4) is 0 Å². The lowest BCUT2D eigenvalue weighted by atomic mass is 10.0. The van der Waals surface area contributed by atoms with E-state index < -0.39 is 58.5 Å². The molecule has 2 aliphatic heterocycles. The number of nitrogens with zero attached hydrogens (tertiary/aromatic N) is 5. The third-order valence-electron chi connectivity index (χ3n) is 7.05. The van der Waals surface area contributed by atoms with E-state index >= 15 is 0 Å². The van der Waals surface area contributed by atoms with Crippen LogP contribution in [-0.4, -0.2) is 76.8 Å². The van der Waals surface area contributed by atoms with Crippen LogP contribution in [0.2, 0.25) is 0 Å². The predicted molar refractivity (Wildman–Crippen MR) is 168 cm³/mol. The van der Waals surface area contributed by atoms with E-state index in [-0.39, 0.29) is 57.3 Å². The molecule has 19 nitrogen and oxygen atoms in total. The second kappa shape index (κ2) is 13.3. The number of allylic oxidation sites excluding steroid dienone is 2. The van der Waals surface area contributed by atoms with Gasteiger partial charge < -0.3 is 58.3 Å². The highest BCUT2D eigenvalue weighted by Crippen LogP contribution is 2.40. The maximum absolute atomic E-state index is 13.4. The van der Waals surface area contributed by atoms with Crippen LogP contribution in [0.5, 0.6) is 11.5 Å². The van der Waals surface area contributed by atoms with Crippen molar-refractivity contribution in [2.45, 2.75) is 24.1 Å². The van der Waals surface area contributed by atoms with Gasteiger partial charge in [-0.05, 0) is 17.7 Å². The number of hydrogen-bond acceptors (Lipinski definition) is 17. The number of hydrogen-bond donors (Lipinski definition) is 8. The first-order valence-electron chi connectivity index (χ1n) is 13.5. The number of rotatable bonds is 11. The van der Waals surface area contributed by atoms with E-state index in [1.807, 2.05) is 0 Å². The molecule has 4 heterocycles. The van der Waals surface area contributed by atoms with Crippen molar-refractivity contribution in [1.82, 2.24) is 20.2 Å². The molecule has 2 aromatic heterocycles. The van der Waals surface area contributed by atoms with Crippen molar-refractivity contribution in [3.05, 3.63) is 64.6 Å². The zero-order chi connectivity index (χ0) is 34.9. The molecule has 2 unspecified atom stereocenters. The fourth-order valence-corrected chi connectivity index (χ4v) is 6.50. The first-order chi connectivity index (χ1) is 22.8. The maximum atomic E-state index is 13.4. The number of oxime groups is 1. The third kappa shape index (κ3) is 6.43. The van der Waals surface area contributed by atoms with Gasteiger partial charge in [0.05, 0.1) is 18.2 Å². The van der Waals surface area contributed by atoms with E-state index in [4.69, 9.17) is 27.8 Å². The number of aliphatic carboxylic acids is 2. The van der Waals surface area contributed by atoms with Gasteiger partial charge in [0, 0.05) is 16.7 Å². The maximum Gasteiger partial charge on any atom is 0.352 e. The minimum absolute atomic E-state index is 0.0407. The summed E-state index contributed by atoms with van der Waals surface area (Å²) in [6, 6.07) is 1.93. The molecule has 1 saturated heterocycles. The summed E-state index contributed by atoms with van der Waals surface area (Å²) >= 11 is 2.11. The molecule has 3 atom stereocenters. The highest BCUT2D eigenvalue weighted by molar-refractivity contribution is 8.00. The number of nitrogen functional groups attached to an aromatic ring is 4. The number of carboxylic acids is 2. The van der Waals surface area contributed by atoms with Crippen LogP contribution in [0.25, 0.3) is 0 Å². The Morgan fingerprint density at radius 1 is 1.23 bits per heavy atom. The number of fused-ring (bicyclic) bond motifs is 1. The average molecular weight is 699 g/mol. The lowest BCUT2D eigenvalue weighted by Gasteiger charge is -2.50. The minimum Gasteiger partial charge on any atom is -0.543 e. The Bertz CT molecular complexity index is 1930. The summed E-state index contributed by atoms with van der Waals surface area (Å²) < 4.78 is 1.48. The summed E-state index contributed by atoms with van der Waals surface area (Å²) in [7, 11) is 0. The van der Waals surface area contributed by atoms with Crippen LogP contribution in [0.15, 0.2) is 58.5 Å². The van der Waals surface area contributed by atoms with Gasteiger partial charge in [-0.1, -0.05) is 28.4 Å². The van der Waals surface area contributed by atoms with Gasteiger partial charge in [-0.15, -0.1) is 23.1 Å². The number of thiazole rings is 1. The number of nitrogens with two attached hydrogens (primary N) is 4. The van der Waals surface area contributed by atoms with Crippen molar-refractivity contribution >= 4 is 75.0 Å². The number of carbonyl (C=O) groups is 4. The summed E-state index contributed by atoms with van der Waals surface area (Å²) in [6.07, 6.45) is 2.60. The summed E-state index contributed by atoms with van der Waals surface area (Å²) in [5, 5.41) is 48.0. The SMILES string of the molecule is Nc1nc(/C(=N/OC(C(=O)O)c2ccc(O)c(O)c2)C(=O)NC2C(=O)N3C(C(=O)[O-])=C(/C=C/C[n+]4cnc(N)c(N)c4N)CS[C@H]23)cs1. The number of thioether (sulfide) groups is 1. The predicted octanol–water partition coefficient (Wildman–Crippen LogP) is -2.23. The Morgan fingerprint density at radius 2 is 1.98 bits per heavy atom. The smallest absolute Gasteiger partial charge is 0.352 e. The lowest BCUT2D eigenvalue weighted by molar-refractivity contribution is -0.674. The molecule has 0 aliphatic carbocycles. The van der Waals surface area contributed by atoms with E-state index in [0.29, 0.717) is 0 Å². The molecule has 5 rings (SSSR count). The zero-order valence-electron chi connectivity index (χ0n) is 24.3. The van der Waals surface area contributed by atoms with Crippen LogP contribution in [0.4, 0.5) is 22.5 Å². The van der Waals surface area contributed by atoms with Crippen molar-refractivity contribution in [3.63, 3.8) is 0 Å². The molecule has 2 aliphatic rings. The summed E-state index contributed by atoms with van der Waals surface area (Å²) in [5.41, 5.74) is 22.3. The normalized spacial score (nSPS) is 18.3. The Balaban J connectivity index is 1.35. The molecule has 0 radical (unpaired) electrons. The number of carbonyl (C=O) groups excluding carboxylic acids is 3. The van der Waals surface area contributed by atoms with Crippen molar-refractivity contribution in [3.8, 4) is 11.5 Å². The molecule has 21 heteroatoms. The van der Waals surface area contributed by atoms with Crippen molar-refractivity contribution < 1.29 is 49.0 Å². The largest absolute Gasteiger partial charge is 0.543 e. The molecule has 0 spiro atoms. The van der Waals surface area contributed by atoms with Crippen LogP contribution in [0, 0.1) is 0 Å². The highest BCUT2D eigenvalue weighted by atomic mass is 32.2. The number of phenols is 2. The van der Waals surface area contributed by atoms with Gasteiger partial charge in [0.1, 0.15) is 17.1 Å². The molecule has 12 N–H and O–H groups in total. The first-order valence-corrected chi connectivity index (χ1v) is 15.5. The van der Waals surface area contributed by atoms with Crippen LogP contribution in [0.1, 0.15) is 17.4 Å². The molecule has 250 valence electrons. The van der Waals surface area contributed by atoms with Gasteiger partial charge >= 0.3 is 5.97 Å². The summed E-state index contributed by atoms with van der Waals surface area (Å²) in [6.45, 7) is 0.149. The van der Waals surface area contributed by atoms with Gasteiger partial charge in [0.2, 0.25) is 24.1 Å². The number of phenolic OH excluding ortho intramolecular Hbond substituents is 2. The number of carboxylic acid groups (broad SMARTS) is 2. The molecule has 1 aromatic carbocycles. The molecule has 0 bridgehead atoms. The second-order valence-corrected chi connectivity index (χ2v) is 12.1. The monoisotopic (exact) mass is 698 g/mol. The molecule has 2 amide bonds. The topological polar surface area (TPSA) is 323 Å². The molecule has 3 aromatic rings. The number of β-lactam (4-membered cyclic amide) rings is 1. The van der Waals surface area contributed by atoms with Crippen molar-refractivity contribution in [2.24, 2.45) is 5.16 Å². The van der Waals surface area contributed by atoms with Gasteiger partial charge in [0.15, 0.2) is 28.0 Å². The number of aromatic hydroxyl groups is 2. The van der Waals surface area contributed by atoms with Crippen molar-refractivity contribution in [1.29, 1.82) is 0 Å². The summed E-state index contributed by atoms with van der Waals surface area (Å²) in [4.78, 5) is 64.9. The van der Waals surface area contributed by atoms with Crippen LogP contribution >= 0.6 is 23.1 Å². The third-order valence-corrected chi connectivity index (χ3v) is 9.03. The molecule has 48 heavy (non-hydrogen) atoms. The zero-order valence-corrected chi connectivity index (χ0v) is 26.0. The van der Waals surface area contributed by atoms with Gasteiger partial charge in [-0.2, -0.15) is 0 Å². The highest BCUT2D eigenvalue weighted by Gasteiger charge is 2.53. The number of nitrogens with one attached hydrogen (secondary N) is 1. The minimum atomic E-state index is -1.84. The van der Waals surface area contributed by atoms with E-state index in [1.165, 1.54) is 34.1 Å². The quantitative estimate of drug-likeness (QED) is 0.0345. The fraction of sp³-hybridized carbons (Fsp3) is 0.185. The van der Waals surface area contributed by atoms with E-state index in [2.05, 4.69) is 20.4 Å². The number of aromatic nitrogens is 3. The number of amides is 2. The standard InChI is InChI=1S/C27H26N10O9S2/c28-15-20(29)32-9-36(21(15)30)5-1-2-11-7-47-24-17(23(41)37(24)18(11)25(42)43)34-22(40)16(12-8-48-27(31)33-12)35-46-19(26(44)45)10-3-4-13(38)14(39)6-10/h1-4,6,8-9,17,19,24H,5,7H2,(H12,28,29,30,31,33,34,35,38,39,40,42,43,44,45)/b2-1+/t17?,19?,24-/m1/s1. The van der Waals surface area contributed by atoms with Gasteiger partial charge in [-0.25, -0.2) is 14.3 Å². The van der Waals surface area contributed by atoms with Crippen LogP contribution in [-0.2, 0) is 30.6 Å². The van der Waals surface area contributed by atoms with Crippen LogP contribution < -0.4 is 37.9 Å². The Morgan fingerprint density at radius 3 is 2.62 bits per heavy atom.